The zero-order chi connectivity index (χ0) is 7.61. The summed E-state index contributed by atoms with van der Waals surface area (Å²) in [6.45, 7) is 4.06. The third-order valence-corrected chi connectivity index (χ3v) is 2.96. The van der Waals surface area contributed by atoms with E-state index in [-0.39, 0.29) is 0 Å². The van der Waals surface area contributed by atoms with E-state index < -0.39 is 5.67 Å². The molecule has 0 radical (unpaired) electrons. The average molecular weight is 144 g/mol. The highest BCUT2D eigenvalue weighted by Gasteiger charge is 2.40. The van der Waals surface area contributed by atoms with Gasteiger partial charge in [0.25, 0.3) is 0 Å². The van der Waals surface area contributed by atoms with Crippen molar-refractivity contribution in [2.75, 3.05) is 0 Å². The van der Waals surface area contributed by atoms with Crippen molar-refractivity contribution in [1.29, 1.82) is 0 Å². The van der Waals surface area contributed by atoms with Crippen LogP contribution < -0.4 is 0 Å². The monoisotopic (exact) mass is 144 g/mol. The molecule has 0 bridgehead atoms. The van der Waals surface area contributed by atoms with Gasteiger partial charge in [-0.3, -0.25) is 0 Å². The number of hydrogen-bond donors (Lipinski definition) is 0. The molecule has 0 N–H and O–H groups in total. The zero-order valence-corrected chi connectivity index (χ0v) is 6.99. The third-order valence-electron chi connectivity index (χ3n) is 2.96. The van der Waals surface area contributed by atoms with E-state index in [2.05, 4.69) is 6.92 Å². The van der Waals surface area contributed by atoms with Crippen molar-refractivity contribution < 1.29 is 4.39 Å². The second kappa shape index (κ2) is 2.89. The van der Waals surface area contributed by atoms with Crippen LogP contribution in [-0.4, -0.2) is 5.67 Å². The molecule has 0 amide bonds. The van der Waals surface area contributed by atoms with Gasteiger partial charge in [0.05, 0.1) is 0 Å². The van der Waals surface area contributed by atoms with Crippen LogP contribution in [0.5, 0.6) is 0 Å². The van der Waals surface area contributed by atoms with E-state index in [1.54, 1.807) is 0 Å². The Bertz CT molecular complexity index is 111. The topological polar surface area (TPSA) is 0 Å². The van der Waals surface area contributed by atoms with Gasteiger partial charge in [-0.05, 0) is 31.6 Å². The van der Waals surface area contributed by atoms with Crippen LogP contribution in [0.15, 0.2) is 0 Å². The smallest absolute Gasteiger partial charge is 0.113 e. The molecule has 0 heterocycles. The van der Waals surface area contributed by atoms with Gasteiger partial charge in [-0.25, -0.2) is 4.39 Å². The molecule has 0 nitrogen and oxygen atoms in total. The van der Waals surface area contributed by atoms with Gasteiger partial charge >= 0.3 is 0 Å². The first-order chi connectivity index (χ1) is 4.73. The highest BCUT2D eigenvalue weighted by atomic mass is 19.1. The van der Waals surface area contributed by atoms with E-state index >= 15 is 0 Å². The predicted molar refractivity (Wildman–Crippen MR) is 41.8 cm³/mol. The second-order valence-corrected chi connectivity index (χ2v) is 3.39. The third kappa shape index (κ3) is 1.18. The van der Waals surface area contributed by atoms with Gasteiger partial charge in [-0.1, -0.05) is 20.3 Å². The van der Waals surface area contributed by atoms with E-state index in [4.69, 9.17) is 0 Å². The normalized spacial score (nSPS) is 40.5. The fraction of sp³-hybridized carbons (Fsp3) is 1.00. The first kappa shape index (κ1) is 8.03. The van der Waals surface area contributed by atoms with Crippen molar-refractivity contribution in [1.82, 2.24) is 0 Å². The van der Waals surface area contributed by atoms with Crippen molar-refractivity contribution in [3.63, 3.8) is 0 Å². The largest absolute Gasteiger partial charge is 0.244 e. The molecule has 0 aliphatic heterocycles. The Morgan fingerprint density at radius 3 is 2.60 bits per heavy atom. The molecule has 0 aromatic carbocycles. The molecule has 0 aromatic rings. The summed E-state index contributed by atoms with van der Waals surface area (Å²) >= 11 is 0. The van der Waals surface area contributed by atoms with Gasteiger partial charge in [-0.15, -0.1) is 0 Å². The number of rotatable bonds is 2. The summed E-state index contributed by atoms with van der Waals surface area (Å²) in [6, 6.07) is 0. The molecule has 0 saturated heterocycles. The SMILES string of the molecule is CCC1CCCC1(F)CC. The van der Waals surface area contributed by atoms with Crippen LogP contribution in [0.1, 0.15) is 46.0 Å². The molecular weight excluding hydrogens is 127 g/mol. The van der Waals surface area contributed by atoms with Gasteiger partial charge in [-0.2, -0.15) is 0 Å². The lowest BCUT2D eigenvalue weighted by atomic mass is 9.88. The van der Waals surface area contributed by atoms with Gasteiger partial charge in [0.2, 0.25) is 0 Å². The lowest BCUT2D eigenvalue weighted by Gasteiger charge is -2.24. The summed E-state index contributed by atoms with van der Waals surface area (Å²) in [5, 5.41) is 0. The summed E-state index contributed by atoms with van der Waals surface area (Å²) in [7, 11) is 0. The fourth-order valence-corrected chi connectivity index (χ4v) is 2.14. The molecule has 2 unspecified atom stereocenters. The Morgan fingerprint density at radius 1 is 1.50 bits per heavy atom. The van der Waals surface area contributed by atoms with E-state index in [1.165, 1.54) is 0 Å². The first-order valence-corrected chi connectivity index (χ1v) is 4.42. The van der Waals surface area contributed by atoms with Crippen molar-refractivity contribution in [2.45, 2.75) is 51.6 Å². The molecule has 1 rings (SSSR count). The lowest BCUT2D eigenvalue weighted by Crippen LogP contribution is -2.25. The van der Waals surface area contributed by atoms with Crippen molar-refractivity contribution in [2.24, 2.45) is 5.92 Å². The molecule has 1 aliphatic rings. The zero-order valence-electron chi connectivity index (χ0n) is 6.99. The van der Waals surface area contributed by atoms with Gasteiger partial charge < -0.3 is 0 Å². The molecule has 1 fully saturated rings. The fourth-order valence-electron chi connectivity index (χ4n) is 2.14. The van der Waals surface area contributed by atoms with E-state index in [0.29, 0.717) is 12.3 Å². The molecular formula is C9H17F. The lowest BCUT2D eigenvalue weighted by molar-refractivity contribution is 0.102. The summed E-state index contributed by atoms with van der Waals surface area (Å²) in [6.07, 6.45) is 4.75. The molecule has 0 spiro atoms. The maximum absolute atomic E-state index is 13.7. The van der Waals surface area contributed by atoms with E-state index in [1.807, 2.05) is 6.92 Å². The molecule has 1 aliphatic carbocycles. The molecule has 10 heavy (non-hydrogen) atoms. The maximum atomic E-state index is 13.7. The number of halogens is 1. The Kier molecular flexibility index (Phi) is 2.32. The Morgan fingerprint density at radius 2 is 2.20 bits per heavy atom. The minimum atomic E-state index is -0.797. The summed E-state index contributed by atoms with van der Waals surface area (Å²) in [5.41, 5.74) is -0.797. The van der Waals surface area contributed by atoms with E-state index in [0.717, 1.165) is 25.7 Å². The van der Waals surface area contributed by atoms with E-state index in [9.17, 15) is 4.39 Å². The highest BCUT2D eigenvalue weighted by molar-refractivity contribution is 4.90. The quantitative estimate of drug-likeness (QED) is 0.557. The minimum absolute atomic E-state index is 0.359. The van der Waals surface area contributed by atoms with Crippen LogP contribution in [0.3, 0.4) is 0 Å². The number of alkyl halides is 1. The Balaban J connectivity index is 2.56. The number of hydrogen-bond acceptors (Lipinski definition) is 0. The van der Waals surface area contributed by atoms with Gasteiger partial charge in [0, 0.05) is 0 Å². The van der Waals surface area contributed by atoms with Crippen molar-refractivity contribution in [3.8, 4) is 0 Å². The maximum Gasteiger partial charge on any atom is 0.113 e. The summed E-state index contributed by atoms with van der Waals surface area (Å²) in [4.78, 5) is 0. The van der Waals surface area contributed by atoms with Crippen LogP contribution in [-0.2, 0) is 0 Å². The van der Waals surface area contributed by atoms with Crippen LogP contribution in [0.4, 0.5) is 4.39 Å². The van der Waals surface area contributed by atoms with Crippen LogP contribution in [0.2, 0.25) is 0 Å². The van der Waals surface area contributed by atoms with Crippen LogP contribution in [0.25, 0.3) is 0 Å². The van der Waals surface area contributed by atoms with Crippen molar-refractivity contribution in [3.05, 3.63) is 0 Å². The molecule has 1 saturated carbocycles. The average Bonchev–Trinajstić information content (AvgIpc) is 2.32. The van der Waals surface area contributed by atoms with Gasteiger partial charge in [0.15, 0.2) is 0 Å². The molecule has 2 atom stereocenters. The summed E-state index contributed by atoms with van der Waals surface area (Å²) in [5.74, 6) is 0.359. The van der Waals surface area contributed by atoms with Gasteiger partial charge in [0.1, 0.15) is 5.67 Å². The second-order valence-electron chi connectivity index (χ2n) is 3.39. The Hall–Kier alpha value is -0.0700. The van der Waals surface area contributed by atoms with Crippen molar-refractivity contribution >= 4 is 0 Å². The predicted octanol–water partition coefficient (Wildman–Crippen LogP) is 3.31. The standard InChI is InChI=1S/C9H17F/c1-3-8-6-5-7-9(8,10)4-2/h8H,3-7H2,1-2H3. The van der Waals surface area contributed by atoms with Crippen LogP contribution >= 0.6 is 0 Å². The first-order valence-electron chi connectivity index (χ1n) is 4.42. The Labute approximate surface area is 62.8 Å². The molecule has 60 valence electrons. The summed E-state index contributed by atoms with van der Waals surface area (Å²) < 4.78 is 13.7. The molecule has 0 aromatic heterocycles. The highest BCUT2D eigenvalue weighted by Crippen LogP contribution is 2.42. The molecule has 1 heteroatoms. The minimum Gasteiger partial charge on any atom is -0.244 e. The van der Waals surface area contributed by atoms with Crippen LogP contribution in [0, 0.1) is 5.92 Å².